The van der Waals surface area contributed by atoms with Crippen molar-refractivity contribution < 1.29 is 38.6 Å². The number of nitrogens with one attached hydrogen (secondary N) is 1. The van der Waals surface area contributed by atoms with Gasteiger partial charge in [-0.3, -0.25) is 24.0 Å². The minimum absolute atomic E-state index is 0.0335. The number of carbonyl (C=O) groups excluding carboxylic acids is 5. The van der Waals surface area contributed by atoms with Crippen LogP contribution in [0.3, 0.4) is 0 Å². The Balaban J connectivity index is 2.12. The molecule has 0 aromatic carbocycles. The first-order valence-corrected chi connectivity index (χ1v) is 11.7. The average molecular weight is 491 g/mol. The topological polar surface area (TPSA) is 163 Å². The Bertz CT molecular complexity index is 929. The van der Waals surface area contributed by atoms with Gasteiger partial charge in [-0.2, -0.15) is 0 Å². The third-order valence-electron chi connectivity index (χ3n) is 6.25. The third-order valence-corrected chi connectivity index (χ3v) is 6.25. The number of imide groups is 2. The van der Waals surface area contributed by atoms with Crippen LogP contribution in [0.1, 0.15) is 65.7 Å². The quantitative estimate of drug-likeness (QED) is 0.296. The van der Waals surface area contributed by atoms with Crippen molar-refractivity contribution in [3.63, 3.8) is 0 Å². The molecule has 2 aliphatic heterocycles. The standard InChI is InChI=1S/C23H30N4O8/c1-4-14(5-2)35-16-11-13(22(33)34)10-15(21(16)24-12(3)28)25-23(26-17(29)6-7-18(26)30)27-19(31)8-9-20(27)32/h11,14-16,21H,4-10H2,1-3H3,(H,24,28)(H,33,34)/t15-,16+,21+/m0/s1. The maximum atomic E-state index is 12.5. The molecule has 2 N–H and O–H groups in total. The highest BCUT2D eigenvalue weighted by molar-refractivity contribution is 6.24. The molecular formula is C23H30N4O8. The zero-order chi connectivity index (χ0) is 25.9. The molecular weight excluding hydrogens is 460 g/mol. The van der Waals surface area contributed by atoms with Crippen LogP contribution >= 0.6 is 0 Å². The Hall–Kier alpha value is -3.41. The molecule has 2 saturated heterocycles. The van der Waals surface area contributed by atoms with Gasteiger partial charge in [0.15, 0.2) is 0 Å². The number of hydrogen-bond donors (Lipinski definition) is 2. The van der Waals surface area contributed by atoms with E-state index in [2.05, 4.69) is 10.3 Å². The summed E-state index contributed by atoms with van der Waals surface area (Å²) in [5.74, 6) is -4.56. The molecule has 190 valence electrons. The molecule has 12 nitrogen and oxygen atoms in total. The second-order valence-electron chi connectivity index (χ2n) is 8.71. The Labute approximate surface area is 202 Å². The lowest BCUT2D eigenvalue weighted by atomic mass is 9.88. The van der Waals surface area contributed by atoms with Gasteiger partial charge < -0.3 is 15.2 Å². The molecule has 0 bridgehead atoms. The molecule has 3 rings (SSSR count). The van der Waals surface area contributed by atoms with E-state index in [1.54, 1.807) is 0 Å². The molecule has 2 fully saturated rings. The van der Waals surface area contributed by atoms with Crippen LogP contribution in [0.15, 0.2) is 16.6 Å². The minimum atomic E-state index is -1.21. The number of rotatable bonds is 7. The number of likely N-dealkylation sites (tertiary alicyclic amines) is 2. The van der Waals surface area contributed by atoms with Crippen molar-refractivity contribution in [3.05, 3.63) is 11.6 Å². The van der Waals surface area contributed by atoms with Crippen molar-refractivity contribution in [2.75, 3.05) is 0 Å². The van der Waals surface area contributed by atoms with Gasteiger partial charge in [-0.05, 0) is 18.9 Å². The van der Waals surface area contributed by atoms with Crippen LogP contribution in [0.5, 0.6) is 0 Å². The van der Waals surface area contributed by atoms with Crippen LogP contribution in [0.2, 0.25) is 0 Å². The van der Waals surface area contributed by atoms with Gasteiger partial charge in [-0.25, -0.2) is 19.6 Å². The maximum absolute atomic E-state index is 12.5. The molecule has 3 atom stereocenters. The van der Waals surface area contributed by atoms with Crippen LogP contribution in [0.4, 0.5) is 0 Å². The molecule has 0 aromatic heterocycles. The summed E-state index contributed by atoms with van der Waals surface area (Å²) in [6.45, 7) is 5.11. The van der Waals surface area contributed by atoms with Gasteiger partial charge >= 0.3 is 5.97 Å². The molecule has 35 heavy (non-hydrogen) atoms. The van der Waals surface area contributed by atoms with Crippen LogP contribution in [0, 0.1) is 0 Å². The summed E-state index contributed by atoms with van der Waals surface area (Å²) in [6.07, 6.45) is 1.00. The van der Waals surface area contributed by atoms with E-state index in [0.717, 1.165) is 0 Å². The van der Waals surface area contributed by atoms with Crippen LogP contribution in [-0.4, -0.2) is 80.7 Å². The highest BCUT2D eigenvalue weighted by Gasteiger charge is 2.45. The number of hydrogen-bond acceptors (Lipinski definition) is 8. The Morgan fingerprint density at radius 1 is 1.03 bits per heavy atom. The number of ether oxygens (including phenoxy) is 1. The fraction of sp³-hybridized carbons (Fsp3) is 0.609. The van der Waals surface area contributed by atoms with Gasteiger partial charge in [0.25, 0.3) is 0 Å². The lowest BCUT2D eigenvalue weighted by Gasteiger charge is -2.37. The molecule has 0 spiro atoms. The van der Waals surface area contributed by atoms with E-state index in [-0.39, 0.29) is 43.8 Å². The summed E-state index contributed by atoms with van der Waals surface area (Å²) >= 11 is 0. The van der Waals surface area contributed by atoms with Crippen molar-refractivity contribution in [3.8, 4) is 0 Å². The molecule has 12 heteroatoms. The number of aliphatic imine (C=N–C) groups is 1. The van der Waals surface area contributed by atoms with Crippen molar-refractivity contribution >= 4 is 41.5 Å². The SMILES string of the molecule is CCC(CC)O[C@@H]1C=C(C(=O)O)C[C@H](N=C(N2C(=O)CCC2=O)N2C(=O)CCC2=O)[C@H]1NC(C)=O. The number of carbonyl (C=O) groups is 6. The highest BCUT2D eigenvalue weighted by Crippen LogP contribution is 2.29. The molecule has 1 aliphatic carbocycles. The molecule has 0 aromatic rings. The second-order valence-corrected chi connectivity index (χ2v) is 8.71. The van der Waals surface area contributed by atoms with E-state index >= 15 is 0 Å². The largest absolute Gasteiger partial charge is 0.478 e. The summed E-state index contributed by atoms with van der Waals surface area (Å²) in [7, 11) is 0. The van der Waals surface area contributed by atoms with Crippen LogP contribution < -0.4 is 5.32 Å². The third kappa shape index (κ3) is 5.64. The molecule has 0 unspecified atom stereocenters. The average Bonchev–Trinajstić information content (AvgIpc) is 3.31. The maximum Gasteiger partial charge on any atom is 0.331 e. The zero-order valence-electron chi connectivity index (χ0n) is 20.0. The van der Waals surface area contributed by atoms with Crippen LogP contribution in [0.25, 0.3) is 0 Å². The predicted molar refractivity (Wildman–Crippen MR) is 121 cm³/mol. The van der Waals surface area contributed by atoms with E-state index in [9.17, 15) is 33.9 Å². The summed E-state index contributed by atoms with van der Waals surface area (Å²) in [5.41, 5.74) is -0.0335. The lowest BCUT2D eigenvalue weighted by Crippen LogP contribution is -2.55. The molecule has 5 amide bonds. The van der Waals surface area contributed by atoms with Gasteiger partial charge in [0.1, 0.15) is 0 Å². The Morgan fingerprint density at radius 3 is 1.91 bits per heavy atom. The number of aliphatic carboxylic acids is 1. The smallest absolute Gasteiger partial charge is 0.331 e. The molecule has 0 saturated carbocycles. The lowest BCUT2D eigenvalue weighted by molar-refractivity contribution is -0.137. The van der Waals surface area contributed by atoms with Gasteiger partial charge in [-0.15, -0.1) is 0 Å². The van der Waals surface area contributed by atoms with Crippen molar-refractivity contribution in [1.82, 2.24) is 15.1 Å². The van der Waals surface area contributed by atoms with E-state index in [0.29, 0.717) is 22.6 Å². The van der Waals surface area contributed by atoms with E-state index in [1.807, 2.05) is 13.8 Å². The highest BCUT2D eigenvalue weighted by atomic mass is 16.5. The van der Waals surface area contributed by atoms with E-state index < -0.39 is 59.7 Å². The van der Waals surface area contributed by atoms with E-state index in [1.165, 1.54) is 13.0 Å². The number of guanidine groups is 1. The fourth-order valence-corrected chi connectivity index (χ4v) is 4.43. The summed E-state index contributed by atoms with van der Waals surface area (Å²) in [6, 6.07) is -1.90. The monoisotopic (exact) mass is 490 g/mol. The molecule has 3 aliphatic rings. The van der Waals surface area contributed by atoms with Crippen molar-refractivity contribution in [1.29, 1.82) is 0 Å². The molecule has 0 radical (unpaired) electrons. The van der Waals surface area contributed by atoms with Crippen molar-refractivity contribution in [2.24, 2.45) is 4.99 Å². The van der Waals surface area contributed by atoms with E-state index in [4.69, 9.17) is 4.74 Å². The Kier molecular flexibility index (Phi) is 8.15. The summed E-state index contributed by atoms with van der Waals surface area (Å²) in [5, 5.41) is 12.5. The van der Waals surface area contributed by atoms with Gasteiger partial charge in [0, 0.05) is 44.6 Å². The van der Waals surface area contributed by atoms with Gasteiger partial charge in [0.05, 0.1) is 24.3 Å². The Morgan fingerprint density at radius 2 is 1.51 bits per heavy atom. The zero-order valence-corrected chi connectivity index (χ0v) is 20.0. The fourth-order valence-electron chi connectivity index (χ4n) is 4.43. The molecule has 2 heterocycles. The minimum Gasteiger partial charge on any atom is -0.478 e. The van der Waals surface area contributed by atoms with Crippen LogP contribution in [-0.2, 0) is 33.5 Å². The number of nitrogens with zero attached hydrogens (tertiary/aromatic N) is 3. The first kappa shape index (κ1) is 26.2. The normalized spacial score (nSPS) is 24.8. The summed E-state index contributed by atoms with van der Waals surface area (Å²) in [4.78, 5) is 80.0. The first-order chi connectivity index (χ1) is 16.6. The predicted octanol–water partition coefficient (Wildman–Crippen LogP) is 0.502. The number of carboxylic acid groups (broad SMARTS) is 1. The summed E-state index contributed by atoms with van der Waals surface area (Å²) < 4.78 is 6.11. The van der Waals surface area contributed by atoms with Gasteiger partial charge in [0.2, 0.25) is 35.5 Å². The number of amides is 5. The second kappa shape index (κ2) is 10.9. The van der Waals surface area contributed by atoms with Gasteiger partial charge in [-0.1, -0.05) is 13.8 Å². The first-order valence-electron chi connectivity index (χ1n) is 11.7. The number of carboxylic acids is 1. The van der Waals surface area contributed by atoms with Crippen molar-refractivity contribution in [2.45, 2.75) is 90.0 Å².